The lowest BCUT2D eigenvalue weighted by molar-refractivity contribution is 0.0379. The van der Waals surface area contributed by atoms with Gasteiger partial charge in [-0.15, -0.1) is 0 Å². The van der Waals surface area contributed by atoms with Gasteiger partial charge in [-0.1, -0.05) is 17.3 Å². The van der Waals surface area contributed by atoms with E-state index in [4.69, 9.17) is 9.94 Å². The van der Waals surface area contributed by atoms with Crippen LogP contribution in [0, 0.1) is 0 Å². The molecule has 90 valence electrons. The van der Waals surface area contributed by atoms with Crippen LogP contribution in [-0.4, -0.2) is 29.6 Å². The average molecular weight is 232 g/mol. The van der Waals surface area contributed by atoms with Gasteiger partial charge in [-0.25, -0.2) is 0 Å². The molecule has 2 aliphatic heterocycles. The smallest absolute Gasteiger partial charge is 0.129 e. The molecule has 0 radical (unpaired) electrons. The van der Waals surface area contributed by atoms with Crippen molar-refractivity contribution in [3.63, 3.8) is 0 Å². The number of para-hydroxylation sites is 1. The number of oxime groups is 1. The van der Waals surface area contributed by atoms with E-state index < -0.39 is 0 Å². The highest BCUT2D eigenvalue weighted by molar-refractivity contribution is 6.04. The Kier molecular flexibility index (Phi) is 2.52. The molecule has 1 aromatic rings. The summed E-state index contributed by atoms with van der Waals surface area (Å²) >= 11 is 0. The summed E-state index contributed by atoms with van der Waals surface area (Å²) < 4.78 is 6.16. The van der Waals surface area contributed by atoms with Crippen LogP contribution < -0.4 is 10.1 Å². The number of hydrogen-bond acceptors (Lipinski definition) is 4. The Balaban J connectivity index is 2.00. The van der Waals surface area contributed by atoms with Gasteiger partial charge in [0, 0.05) is 24.8 Å². The maximum atomic E-state index is 9.17. The Morgan fingerprint density at radius 3 is 2.76 bits per heavy atom. The first-order valence-electron chi connectivity index (χ1n) is 6.03. The molecular weight excluding hydrogens is 216 g/mol. The van der Waals surface area contributed by atoms with Crippen molar-refractivity contribution >= 4 is 5.71 Å². The number of piperidine rings is 1. The van der Waals surface area contributed by atoms with Gasteiger partial charge in [-0.05, 0) is 25.2 Å². The van der Waals surface area contributed by atoms with Crippen LogP contribution in [0.5, 0.6) is 5.75 Å². The first-order valence-corrected chi connectivity index (χ1v) is 6.03. The van der Waals surface area contributed by atoms with Crippen LogP contribution in [0.4, 0.5) is 0 Å². The summed E-state index contributed by atoms with van der Waals surface area (Å²) in [5.41, 5.74) is 1.48. The van der Waals surface area contributed by atoms with Gasteiger partial charge in [0.05, 0.1) is 5.71 Å². The lowest BCUT2D eigenvalue weighted by Crippen LogP contribution is -2.49. The Morgan fingerprint density at radius 2 is 2.00 bits per heavy atom. The van der Waals surface area contributed by atoms with Gasteiger partial charge in [0.15, 0.2) is 0 Å². The van der Waals surface area contributed by atoms with Crippen molar-refractivity contribution in [2.45, 2.75) is 24.9 Å². The van der Waals surface area contributed by atoms with Crippen molar-refractivity contribution < 1.29 is 9.94 Å². The van der Waals surface area contributed by atoms with Crippen molar-refractivity contribution in [1.29, 1.82) is 0 Å². The SMILES string of the molecule is O/N=C1\CC2(CCNCC2)Oc2ccccc21. The predicted octanol–water partition coefficient (Wildman–Crippen LogP) is 1.77. The van der Waals surface area contributed by atoms with E-state index in [1.807, 2.05) is 24.3 Å². The Hall–Kier alpha value is -1.55. The summed E-state index contributed by atoms with van der Waals surface area (Å²) in [4.78, 5) is 0. The topological polar surface area (TPSA) is 53.9 Å². The molecule has 2 aliphatic rings. The molecule has 0 aromatic heterocycles. The zero-order valence-electron chi connectivity index (χ0n) is 9.65. The number of benzene rings is 1. The van der Waals surface area contributed by atoms with Gasteiger partial charge >= 0.3 is 0 Å². The zero-order valence-corrected chi connectivity index (χ0v) is 9.65. The summed E-state index contributed by atoms with van der Waals surface area (Å²) in [6, 6.07) is 7.78. The van der Waals surface area contributed by atoms with E-state index in [-0.39, 0.29) is 5.60 Å². The lowest BCUT2D eigenvalue weighted by Gasteiger charge is -2.41. The van der Waals surface area contributed by atoms with Crippen LogP contribution in [0.15, 0.2) is 29.4 Å². The predicted molar refractivity (Wildman–Crippen MR) is 64.8 cm³/mol. The van der Waals surface area contributed by atoms with E-state index in [2.05, 4.69) is 10.5 Å². The minimum Gasteiger partial charge on any atom is -0.486 e. The van der Waals surface area contributed by atoms with Crippen LogP contribution in [0.2, 0.25) is 0 Å². The summed E-state index contributed by atoms with van der Waals surface area (Å²) in [6.45, 7) is 1.92. The van der Waals surface area contributed by atoms with E-state index in [9.17, 15) is 0 Å². The van der Waals surface area contributed by atoms with Crippen LogP contribution >= 0.6 is 0 Å². The average Bonchev–Trinajstić information content (AvgIpc) is 2.38. The minimum absolute atomic E-state index is 0.179. The van der Waals surface area contributed by atoms with Crippen molar-refractivity contribution in [2.75, 3.05) is 13.1 Å². The number of fused-ring (bicyclic) bond motifs is 1. The number of rotatable bonds is 0. The fraction of sp³-hybridized carbons (Fsp3) is 0.462. The zero-order chi connectivity index (χ0) is 11.7. The van der Waals surface area contributed by atoms with Crippen molar-refractivity contribution in [3.8, 4) is 5.75 Å². The molecule has 0 bridgehead atoms. The van der Waals surface area contributed by atoms with E-state index in [0.717, 1.165) is 43.0 Å². The van der Waals surface area contributed by atoms with Crippen molar-refractivity contribution in [2.24, 2.45) is 5.16 Å². The van der Waals surface area contributed by atoms with Gasteiger partial charge in [-0.3, -0.25) is 0 Å². The number of hydrogen-bond donors (Lipinski definition) is 2. The summed E-state index contributed by atoms with van der Waals surface area (Å²) in [7, 11) is 0. The van der Waals surface area contributed by atoms with Crippen LogP contribution in [0.25, 0.3) is 0 Å². The van der Waals surface area contributed by atoms with Crippen LogP contribution in [-0.2, 0) is 0 Å². The molecule has 3 rings (SSSR count). The molecule has 1 spiro atoms. The second kappa shape index (κ2) is 4.04. The summed E-state index contributed by atoms with van der Waals surface area (Å²) in [6.07, 6.45) is 2.61. The molecule has 1 fully saturated rings. The van der Waals surface area contributed by atoms with E-state index in [0.29, 0.717) is 6.42 Å². The van der Waals surface area contributed by atoms with Gasteiger partial charge in [0.1, 0.15) is 11.4 Å². The molecule has 17 heavy (non-hydrogen) atoms. The van der Waals surface area contributed by atoms with Gasteiger partial charge in [0.2, 0.25) is 0 Å². The summed E-state index contributed by atoms with van der Waals surface area (Å²) in [5, 5.41) is 16.0. The molecular formula is C13H16N2O2. The molecule has 4 nitrogen and oxygen atoms in total. The lowest BCUT2D eigenvalue weighted by atomic mass is 9.82. The fourth-order valence-corrected chi connectivity index (χ4v) is 2.71. The van der Waals surface area contributed by atoms with Crippen LogP contribution in [0.1, 0.15) is 24.8 Å². The van der Waals surface area contributed by atoms with E-state index >= 15 is 0 Å². The minimum atomic E-state index is -0.179. The third-order valence-electron chi connectivity index (χ3n) is 3.65. The molecule has 0 saturated carbocycles. The third kappa shape index (κ3) is 1.78. The quantitative estimate of drug-likeness (QED) is 0.529. The van der Waals surface area contributed by atoms with E-state index in [1.165, 1.54) is 0 Å². The van der Waals surface area contributed by atoms with Crippen molar-refractivity contribution in [3.05, 3.63) is 29.8 Å². The Morgan fingerprint density at radius 1 is 1.24 bits per heavy atom. The highest BCUT2D eigenvalue weighted by atomic mass is 16.5. The normalized spacial score (nSPS) is 24.4. The third-order valence-corrected chi connectivity index (χ3v) is 3.65. The van der Waals surface area contributed by atoms with Crippen LogP contribution in [0.3, 0.4) is 0 Å². The first kappa shape index (κ1) is 10.6. The largest absolute Gasteiger partial charge is 0.486 e. The van der Waals surface area contributed by atoms with Gasteiger partial charge in [-0.2, -0.15) is 0 Å². The molecule has 4 heteroatoms. The highest BCUT2D eigenvalue weighted by Gasteiger charge is 2.40. The number of nitrogens with one attached hydrogen (secondary N) is 1. The monoisotopic (exact) mass is 232 g/mol. The van der Waals surface area contributed by atoms with Gasteiger partial charge < -0.3 is 15.3 Å². The Bertz CT molecular complexity index is 450. The molecule has 1 saturated heterocycles. The van der Waals surface area contributed by atoms with Gasteiger partial charge in [0.25, 0.3) is 0 Å². The maximum absolute atomic E-state index is 9.17. The Labute approximate surface area is 100 Å². The molecule has 0 aliphatic carbocycles. The van der Waals surface area contributed by atoms with E-state index in [1.54, 1.807) is 0 Å². The number of ether oxygens (including phenoxy) is 1. The first-order chi connectivity index (χ1) is 8.33. The molecule has 2 heterocycles. The summed E-state index contributed by atoms with van der Waals surface area (Å²) in [5.74, 6) is 0.841. The fourth-order valence-electron chi connectivity index (χ4n) is 2.71. The number of nitrogens with zero attached hydrogens (tertiary/aromatic N) is 1. The van der Waals surface area contributed by atoms with Crippen molar-refractivity contribution in [1.82, 2.24) is 5.32 Å². The standard InChI is InChI=1S/C13H16N2O2/c16-15-11-9-13(5-7-14-8-6-13)17-12-4-2-1-3-10(11)12/h1-4,14,16H,5-9H2/b15-11+. The molecule has 1 aromatic carbocycles. The molecule has 2 N–H and O–H groups in total. The maximum Gasteiger partial charge on any atom is 0.129 e. The molecule has 0 atom stereocenters. The molecule has 0 unspecified atom stereocenters. The second-order valence-corrected chi connectivity index (χ2v) is 4.75. The molecule has 0 amide bonds. The highest BCUT2D eigenvalue weighted by Crippen LogP contribution is 2.38. The second-order valence-electron chi connectivity index (χ2n) is 4.75.